The smallest absolute Gasteiger partial charge is 0.256 e. The number of hydrogen-bond donors (Lipinski definition) is 1. The Labute approximate surface area is 102 Å². The molecule has 88 valence electrons. The second-order valence-corrected chi connectivity index (χ2v) is 5.19. The molecule has 1 atom stereocenters. The topological polar surface area (TPSA) is 40.5 Å². The molecule has 1 aromatic carbocycles. The predicted molar refractivity (Wildman–Crippen MR) is 63.4 cm³/mol. The van der Waals surface area contributed by atoms with Crippen LogP contribution >= 0.6 is 15.9 Å². The minimum atomic E-state index is -0.709. The maximum atomic E-state index is 13.4. The maximum absolute atomic E-state index is 13.4. The molecule has 0 heterocycles. The molecule has 0 aliphatic heterocycles. The molecular formula is C11H13BrFNO2. The predicted octanol–water partition coefficient (Wildman–Crippen LogP) is 2.39. The second-order valence-electron chi connectivity index (χ2n) is 3.63. The van der Waals surface area contributed by atoms with Crippen molar-refractivity contribution in [1.82, 2.24) is 4.90 Å². The molecule has 0 aliphatic carbocycles. The Morgan fingerprint density at radius 3 is 2.75 bits per heavy atom. The zero-order valence-electron chi connectivity index (χ0n) is 9.08. The summed E-state index contributed by atoms with van der Waals surface area (Å²) in [5, 5.41) is 9.03. The normalized spacial score (nSPS) is 12.2. The van der Waals surface area contributed by atoms with E-state index in [-0.39, 0.29) is 16.1 Å². The van der Waals surface area contributed by atoms with Crippen molar-refractivity contribution in [3.63, 3.8) is 0 Å². The fourth-order valence-corrected chi connectivity index (χ4v) is 1.78. The molecule has 0 aliphatic rings. The molecule has 16 heavy (non-hydrogen) atoms. The van der Waals surface area contributed by atoms with Crippen molar-refractivity contribution in [2.45, 2.75) is 11.8 Å². The van der Waals surface area contributed by atoms with Crippen LogP contribution in [-0.4, -0.2) is 34.3 Å². The molecule has 0 spiro atoms. The number of nitrogens with zero attached hydrogens (tertiary/aromatic N) is 1. The Kier molecular flexibility index (Phi) is 4.29. The van der Waals surface area contributed by atoms with Crippen LogP contribution in [0.15, 0.2) is 18.2 Å². The summed E-state index contributed by atoms with van der Waals surface area (Å²) in [5.41, 5.74) is -0.0338. The molecule has 1 aromatic rings. The third kappa shape index (κ3) is 3.20. The molecule has 1 unspecified atom stereocenters. The van der Waals surface area contributed by atoms with Gasteiger partial charge in [0, 0.05) is 24.5 Å². The Balaban J connectivity index is 2.88. The summed E-state index contributed by atoms with van der Waals surface area (Å²) >= 11 is 3.32. The summed E-state index contributed by atoms with van der Waals surface area (Å²) in [5.74, 6) is -1.30. The molecule has 0 saturated carbocycles. The van der Waals surface area contributed by atoms with Crippen LogP contribution in [0.25, 0.3) is 0 Å². The monoisotopic (exact) mass is 289 g/mol. The molecule has 0 radical (unpaired) electrons. The molecular weight excluding hydrogens is 277 g/mol. The molecule has 3 nitrogen and oxygen atoms in total. The number of benzene rings is 1. The first-order valence-corrected chi connectivity index (χ1v) is 5.71. The van der Waals surface area contributed by atoms with Crippen LogP contribution in [-0.2, 0) is 0 Å². The van der Waals surface area contributed by atoms with Crippen molar-refractivity contribution in [3.8, 4) is 5.75 Å². The van der Waals surface area contributed by atoms with Gasteiger partial charge in [-0.15, -0.1) is 0 Å². The highest BCUT2D eigenvalue weighted by atomic mass is 79.9. The van der Waals surface area contributed by atoms with E-state index in [1.165, 1.54) is 17.0 Å². The van der Waals surface area contributed by atoms with E-state index in [1.54, 1.807) is 7.05 Å². The summed E-state index contributed by atoms with van der Waals surface area (Å²) in [6.45, 7) is 2.39. The number of aromatic hydroxyl groups is 1. The average Bonchev–Trinajstić information content (AvgIpc) is 2.15. The van der Waals surface area contributed by atoms with Crippen molar-refractivity contribution < 1.29 is 14.3 Å². The van der Waals surface area contributed by atoms with Gasteiger partial charge in [0.15, 0.2) is 0 Å². The van der Waals surface area contributed by atoms with E-state index >= 15 is 0 Å². The zero-order chi connectivity index (χ0) is 12.3. The van der Waals surface area contributed by atoms with E-state index in [4.69, 9.17) is 5.11 Å². The van der Waals surface area contributed by atoms with Gasteiger partial charge < -0.3 is 10.0 Å². The average molecular weight is 290 g/mol. The number of phenols is 1. The number of carbonyl (C=O) groups excluding carboxylic acids is 1. The van der Waals surface area contributed by atoms with E-state index in [9.17, 15) is 9.18 Å². The van der Waals surface area contributed by atoms with Crippen LogP contribution < -0.4 is 0 Å². The van der Waals surface area contributed by atoms with Crippen LogP contribution in [0.5, 0.6) is 5.75 Å². The molecule has 0 aromatic heterocycles. The van der Waals surface area contributed by atoms with Crippen molar-refractivity contribution in [2.24, 2.45) is 0 Å². The lowest BCUT2D eigenvalue weighted by Crippen LogP contribution is -2.31. The number of carbonyl (C=O) groups is 1. The first kappa shape index (κ1) is 13.0. The Morgan fingerprint density at radius 1 is 1.62 bits per heavy atom. The van der Waals surface area contributed by atoms with Gasteiger partial charge in [0.1, 0.15) is 11.6 Å². The van der Waals surface area contributed by atoms with Crippen LogP contribution in [0.2, 0.25) is 0 Å². The summed E-state index contributed by atoms with van der Waals surface area (Å²) in [7, 11) is 1.60. The van der Waals surface area contributed by atoms with Crippen LogP contribution in [0.1, 0.15) is 17.3 Å². The molecule has 0 bridgehead atoms. The standard InChI is InChI=1S/C11H13BrFNO2/c1-7(12)6-14(2)11(16)9-4-3-8(15)5-10(9)13/h3-5,7,15H,6H2,1-2H3. The van der Waals surface area contributed by atoms with Crippen LogP contribution in [0, 0.1) is 5.82 Å². The van der Waals surface area contributed by atoms with Gasteiger partial charge >= 0.3 is 0 Å². The number of alkyl halides is 1. The lowest BCUT2D eigenvalue weighted by molar-refractivity contribution is 0.0792. The SMILES string of the molecule is CC(Br)CN(C)C(=O)c1ccc(O)cc1F. The molecule has 5 heteroatoms. The van der Waals surface area contributed by atoms with Gasteiger partial charge in [-0.25, -0.2) is 4.39 Å². The zero-order valence-corrected chi connectivity index (χ0v) is 10.7. The molecule has 0 saturated heterocycles. The summed E-state index contributed by atoms with van der Waals surface area (Å²) < 4.78 is 13.4. The van der Waals surface area contributed by atoms with Crippen molar-refractivity contribution in [3.05, 3.63) is 29.6 Å². The number of halogens is 2. The first-order chi connectivity index (χ1) is 7.41. The number of phenolic OH excluding ortho intramolecular Hbond substituents is 1. The van der Waals surface area contributed by atoms with E-state index in [1.807, 2.05) is 6.92 Å². The fraction of sp³-hybridized carbons (Fsp3) is 0.364. The maximum Gasteiger partial charge on any atom is 0.256 e. The number of amides is 1. The van der Waals surface area contributed by atoms with E-state index in [0.717, 1.165) is 6.07 Å². The van der Waals surface area contributed by atoms with Gasteiger partial charge in [-0.3, -0.25) is 4.79 Å². The third-order valence-corrected chi connectivity index (χ3v) is 2.34. The highest BCUT2D eigenvalue weighted by Gasteiger charge is 2.17. The number of rotatable bonds is 3. The largest absolute Gasteiger partial charge is 0.508 e. The summed E-state index contributed by atoms with van der Waals surface area (Å²) in [6.07, 6.45) is 0. The van der Waals surface area contributed by atoms with Gasteiger partial charge in [-0.1, -0.05) is 22.9 Å². The fourth-order valence-electron chi connectivity index (χ4n) is 1.34. The number of hydrogen-bond acceptors (Lipinski definition) is 2. The molecule has 0 fully saturated rings. The first-order valence-electron chi connectivity index (χ1n) is 4.80. The van der Waals surface area contributed by atoms with Gasteiger partial charge in [0.2, 0.25) is 0 Å². The lowest BCUT2D eigenvalue weighted by Gasteiger charge is -2.18. The summed E-state index contributed by atoms with van der Waals surface area (Å²) in [4.78, 5) is 13.4. The summed E-state index contributed by atoms with van der Waals surface area (Å²) in [6, 6.07) is 3.50. The second kappa shape index (κ2) is 5.30. The minimum absolute atomic E-state index is 0.0338. The van der Waals surface area contributed by atoms with E-state index in [2.05, 4.69) is 15.9 Å². The molecule has 1 amide bonds. The third-order valence-electron chi connectivity index (χ3n) is 2.06. The van der Waals surface area contributed by atoms with E-state index < -0.39 is 11.7 Å². The van der Waals surface area contributed by atoms with Crippen molar-refractivity contribution in [2.75, 3.05) is 13.6 Å². The van der Waals surface area contributed by atoms with E-state index in [0.29, 0.717) is 6.54 Å². The van der Waals surface area contributed by atoms with Gasteiger partial charge in [0.25, 0.3) is 5.91 Å². The van der Waals surface area contributed by atoms with Gasteiger partial charge in [-0.2, -0.15) is 0 Å². The van der Waals surface area contributed by atoms with Crippen molar-refractivity contribution >= 4 is 21.8 Å². The van der Waals surface area contributed by atoms with Gasteiger partial charge in [-0.05, 0) is 12.1 Å². The van der Waals surface area contributed by atoms with Crippen LogP contribution in [0.3, 0.4) is 0 Å². The highest BCUT2D eigenvalue weighted by molar-refractivity contribution is 9.09. The molecule has 1 N–H and O–H groups in total. The lowest BCUT2D eigenvalue weighted by atomic mass is 10.2. The quantitative estimate of drug-likeness (QED) is 0.868. The van der Waals surface area contributed by atoms with Crippen LogP contribution in [0.4, 0.5) is 4.39 Å². The Morgan fingerprint density at radius 2 is 2.25 bits per heavy atom. The molecule has 1 rings (SSSR count). The van der Waals surface area contributed by atoms with Gasteiger partial charge in [0.05, 0.1) is 5.56 Å². The Bertz CT molecular complexity index is 396. The van der Waals surface area contributed by atoms with Crippen molar-refractivity contribution in [1.29, 1.82) is 0 Å². The highest BCUT2D eigenvalue weighted by Crippen LogP contribution is 2.16. The Hall–Kier alpha value is -1.10. The minimum Gasteiger partial charge on any atom is -0.508 e.